The molecule has 4 N–H and O–H groups in total. The molecule has 0 aromatic heterocycles. The Morgan fingerprint density at radius 2 is 1.58 bits per heavy atom. The highest BCUT2D eigenvalue weighted by Gasteiger charge is 3.05. The van der Waals surface area contributed by atoms with Crippen LogP contribution in [0.4, 0.5) is 0 Å². The molecule has 6 fully saturated rings. The van der Waals surface area contributed by atoms with Gasteiger partial charge in [0, 0.05) is 5.92 Å². The molecule has 0 radical (unpaired) electrons. The molecule has 0 bridgehead atoms. The molecule has 4 heterocycles. The van der Waals surface area contributed by atoms with E-state index in [1.165, 1.54) is 6.92 Å². The van der Waals surface area contributed by atoms with Crippen molar-refractivity contribution in [3.63, 3.8) is 0 Å². The largest absolute Gasteiger partial charge is 0.456 e. The number of carbonyl (C=O) groups excluding carboxylic acids is 3. The fraction of sp³-hybridized carbons (Fsp3) is 0.850. The summed E-state index contributed by atoms with van der Waals surface area (Å²) in [6, 6.07) is 0. The van der Waals surface area contributed by atoms with E-state index >= 15 is 0 Å². The molecule has 0 aromatic rings. The van der Waals surface area contributed by atoms with Crippen molar-refractivity contribution in [3.05, 3.63) is 0 Å². The smallest absolute Gasteiger partial charge is 0.343 e. The number of hydrogen-bond donors (Lipinski definition) is 4. The molecule has 4 aliphatic heterocycles. The number of hydrogen-bond acceptors (Lipinski definition) is 11. The highest BCUT2D eigenvalue weighted by molar-refractivity contribution is 5.94. The van der Waals surface area contributed by atoms with Crippen LogP contribution in [0.2, 0.25) is 0 Å². The van der Waals surface area contributed by atoms with E-state index in [-0.39, 0.29) is 0 Å². The number of carbonyl (C=O) groups is 3. The lowest BCUT2D eigenvalue weighted by Crippen LogP contribution is -2.67. The Hall–Kier alpha value is -1.79. The van der Waals surface area contributed by atoms with Gasteiger partial charge in [-0.05, 0) is 12.3 Å². The van der Waals surface area contributed by atoms with E-state index in [1.54, 1.807) is 20.8 Å². The van der Waals surface area contributed by atoms with Gasteiger partial charge in [-0.25, -0.2) is 9.59 Å². The molecule has 6 rings (SSSR count). The SMILES string of the molecule is C[C@@H]1C(=O)O[C@H]2[C@@H](O)C34[C@@H]5OC(=O)[C@@]3(O[C@@H]3OC(=O)[C@H](O)[C@@]34[C@H](C(C)(C)C)[C@H]5O)[C@@]12O. The maximum absolute atomic E-state index is 13.4. The van der Waals surface area contributed by atoms with Crippen molar-refractivity contribution < 1.29 is 53.8 Å². The Bertz CT molecular complexity index is 957. The minimum absolute atomic E-state index is 0.792. The van der Waals surface area contributed by atoms with Crippen LogP contribution in [0.15, 0.2) is 0 Å². The Balaban J connectivity index is 1.75. The van der Waals surface area contributed by atoms with E-state index in [9.17, 15) is 34.8 Å². The fourth-order valence-corrected chi connectivity index (χ4v) is 8.27. The zero-order valence-electron chi connectivity index (χ0n) is 17.3. The van der Waals surface area contributed by atoms with Crippen LogP contribution in [0.25, 0.3) is 0 Å². The Morgan fingerprint density at radius 1 is 0.935 bits per heavy atom. The molecule has 2 saturated carbocycles. The molecule has 31 heavy (non-hydrogen) atoms. The van der Waals surface area contributed by atoms with Gasteiger partial charge in [-0.2, -0.15) is 0 Å². The maximum atomic E-state index is 13.4. The van der Waals surface area contributed by atoms with Crippen molar-refractivity contribution in [1.29, 1.82) is 0 Å². The van der Waals surface area contributed by atoms with Gasteiger partial charge in [0.15, 0.2) is 17.8 Å². The average Bonchev–Trinajstić information content (AvgIpc) is 3.35. The van der Waals surface area contributed by atoms with Gasteiger partial charge in [-0.15, -0.1) is 0 Å². The summed E-state index contributed by atoms with van der Waals surface area (Å²) in [6.07, 6.45) is -9.69. The maximum Gasteiger partial charge on any atom is 0.343 e. The van der Waals surface area contributed by atoms with Crippen LogP contribution < -0.4 is 0 Å². The van der Waals surface area contributed by atoms with Gasteiger partial charge in [0.1, 0.15) is 12.2 Å². The van der Waals surface area contributed by atoms with Crippen molar-refractivity contribution in [1.82, 2.24) is 0 Å². The van der Waals surface area contributed by atoms with Gasteiger partial charge in [0.05, 0.1) is 22.9 Å². The number of rotatable bonds is 0. The summed E-state index contributed by atoms with van der Waals surface area (Å²) in [4.78, 5) is 38.3. The highest BCUT2D eigenvalue weighted by Crippen LogP contribution is 2.84. The minimum atomic E-state index is -2.40. The molecule has 4 saturated heterocycles. The fourth-order valence-electron chi connectivity index (χ4n) is 8.27. The van der Waals surface area contributed by atoms with Crippen LogP contribution in [0.3, 0.4) is 0 Å². The molecule has 2 spiro atoms. The Morgan fingerprint density at radius 3 is 2.19 bits per heavy atom. The van der Waals surface area contributed by atoms with E-state index in [4.69, 9.17) is 18.9 Å². The number of ether oxygens (including phenoxy) is 4. The molecule has 170 valence electrons. The van der Waals surface area contributed by atoms with E-state index in [1.807, 2.05) is 0 Å². The molecule has 6 aliphatic rings. The quantitative estimate of drug-likeness (QED) is 0.234. The monoisotopic (exact) mass is 440 g/mol. The Labute approximate surface area is 176 Å². The first kappa shape index (κ1) is 19.9. The van der Waals surface area contributed by atoms with Crippen LogP contribution in [0.5, 0.6) is 0 Å². The summed E-state index contributed by atoms with van der Waals surface area (Å²) >= 11 is 0. The Kier molecular flexibility index (Phi) is 3.15. The predicted octanol–water partition coefficient (Wildman–Crippen LogP) is -2.40. The molecular weight excluding hydrogens is 416 g/mol. The molecule has 1 unspecified atom stereocenters. The van der Waals surface area contributed by atoms with Crippen molar-refractivity contribution in [2.24, 2.45) is 28.1 Å². The lowest BCUT2D eigenvalue weighted by Gasteiger charge is -2.47. The van der Waals surface area contributed by atoms with Crippen LogP contribution in [-0.2, 0) is 33.3 Å². The van der Waals surface area contributed by atoms with Crippen LogP contribution >= 0.6 is 0 Å². The zero-order chi connectivity index (χ0) is 22.7. The second kappa shape index (κ2) is 4.91. The first-order chi connectivity index (χ1) is 14.3. The zero-order valence-corrected chi connectivity index (χ0v) is 17.3. The number of aliphatic hydroxyl groups is 4. The van der Waals surface area contributed by atoms with E-state index in [0.717, 1.165) is 0 Å². The average molecular weight is 440 g/mol. The van der Waals surface area contributed by atoms with Gasteiger partial charge in [0.25, 0.3) is 0 Å². The third kappa shape index (κ3) is 1.43. The lowest BCUT2D eigenvalue weighted by atomic mass is 9.51. The number of fused-ring (bicyclic) bond motifs is 1. The summed E-state index contributed by atoms with van der Waals surface area (Å²) in [6.45, 7) is 6.63. The third-order valence-corrected chi connectivity index (χ3v) is 8.95. The van der Waals surface area contributed by atoms with Gasteiger partial charge in [-0.3, -0.25) is 4.79 Å². The first-order valence-corrected chi connectivity index (χ1v) is 10.3. The van der Waals surface area contributed by atoms with E-state index in [0.29, 0.717) is 0 Å². The second-order valence-corrected chi connectivity index (χ2v) is 10.8. The standard InChI is InChI=1S/C20H24O11/c1-5-12(24)28-11-8(22)18-10-6(21)7(16(2,3)4)17(18)9(23)13(25)30-15(17)31-20(18,14(26)29-10)19(5,11)27/h5-11,15,21-23,27H,1-4H3/t5-,6-,7+,8-,9+,10-,11+,15+,17+,18?,19-,20+/m1/s1. The highest BCUT2D eigenvalue weighted by atomic mass is 16.8. The summed E-state index contributed by atoms with van der Waals surface area (Å²) in [5, 5.41) is 46.1. The van der Waals surface area contributed by atoms with Crippen LogP contribution in [0.1, 0.15) is 27.7 Å². The molecule has 0 aromatic carbocycles. The molecule has 2 aliphatic carbocycles. The van der Waals surface area contributed by atoms with Gasteiger partial charge in [0.2, 0.25) is 11.9 Å². The molecular formula is C20H24O11. The summed E-state index contributed by atoms with van der Waals surface area (Å²) < 4.78 is 22.2. The first-order valence-electron chi connectivity index (χ1n) is 10.3. The molecule has 11 nitrogen and oxygen atoms in total. The second-order valence-electron chi connectivity index (χ2n) is 10.8. The van der Waals surface area contributed by atoms with Crippen molar-refractivity contribution in [2.75, 3.05) is 0 Å². The van der Waals surface area contributed by atoms with Crippen molar-refractivity contribution >= 4 is 17.9 Å². The van der Waals surface area contributed by atoms with E-state index in [2.05, 4.69) is 0 Å². The van der Waals surface area contributed by atoms with E-state index < -0.39 is 94.0 Å². The minimum Gasteiger partial charge on any atom is -0.456 e. The third-order valence-electron chi connectivity index (χ3n) is 8.95. The number of esters is 3. The van der Waals surface area contributed by atoms with Crippen molar-refractivity contribution in [3.8, 4) is 0 Å². The van der Waals surface area contributed by atoms with Gasteiger partial charge in [-0.1, -0.05) is 20.8 Å². The summed E-state index contributed by atoms with van der Waals surface area (Å²) in [5.41, 5.74) is -9.40. The van der Waals surface area contributed by atoms with Crippen LogP contribution in [-0.4, -0.2) is 86.3 Å². The normalized spacial score (nSPS) is 61.0. The summed E-state index contributed by atoms with van der Waals surface area (Å²) in [5.74, 6) is -5.22. The summed E-state index contributed by atoms with van der Waals surface area (Å²) in [7, 11) is 0. The molecule has 11 heteroatoms. The van der Waals surface area contributed by atoms with Gasteiger partial charge >= 0.3 is 17.9 Å². The lowest BCUT2D eigenvalue weighted by molar-refractivity contribution is -0.240. The van der Waals surface area contributed by atoms with Gasteiger partial charge < -0.3 is 39.4 Å². The van der Waals surface area contributed by atoms with Crippen LogP contribution in [0, 0.1) is 28.1 Å². The van der Waals surface area contributed by atoms with Crippen molar-refractivity contribution in [2.45, 2.75) is 75.7 Å². The predicted molar refractivity (Wildman–Crippen MR) is 93.4 cm³/mol. The number of aliphatic hydroxyl groups excluding tert-OH is 3. The molecule has 0 amide bonds. The molecule has 12 atom stereocenters. The topological polar surface area (TPSA) is 169 Å².